The Morgan fingerprint density at radius 1 is 1.17 bits per heavy atom. The third kappa shape index (κ3) is 5.50. The summed E-state index contributed by atoms with van der Waals surface area (Å²) in [5.41, 5.74) is 2.06. The second kappa shape index (κ2) is 8.92. The van der Waals surface area contributed by atoms with Crippen LogP contribution in [0.25, 0.3) is 0 Å². The van der Waals surface area contributed by atoms with Crippen molar-refractivity contribution in [2.45, 2.75) is 53.0 Å². The van der Waals surface area contributed by atoms with Gasteiger partial charge in [-0.3, -0.25) is 4.98 Å². The minimum absolute atomic E-state index is 0.780. The Kier molecular flexibility index (Phi) is 7.42. The molecule has 0 aromatic carbocycles. The molecule has 1 N–H and O–H groups in total. The molecule has 0 radical (unpaired) electrons. The smallest absolute Gasteiger partial charge is 0.142 e. The van der Waals surface area contributed by atoms with Crippen LogP contribution in [0.1, 0.15) is 50.9 Å². The van der Waals surface area contributed by atoms with Crippen molar-refractivity contribution in [3.63, 3.8) is 0 Å². The van der Waals surface area contributed by atoms with Gasteiger partial charge in [0.2, 0.25) is 0 Å². The van der Waals surface area contributed by atoms with Crippen molar-refractivity contribution >= 4 is 0 Å². The van der Waals surface area contributed by atoms with E-state index in [0.717, 1.165) is 43.3 Å². The Morgan fingerprint density at radius 2 is 2.00 bits per heavy atom. The molecule has 0 saturated heterocycles. The van der Waals surface area contributed by atoms with Gasteiger partial charge in [-0.05, 0) is 32.0 Å². The van der Waals surface area contributed by atoms with Gasteiger partial charge in [-0.25, -0.2) is 0 Å². The first-order chi connectivity index (χ1) is 8.77. The van der Waals surface area contributed by atoms with Gasteiger partial charge in [0.1, 0.15) is 5.75 Å². The summed E-state index contributed by atoms with van der Waals surface area (Å²) in [4.78, 5) is 4.54. The van der Waals surface area contributed by atoms with Crippen LogP contribution in [0.15, 0.2) is 12.1 Å². The highest BCUT2D eigenvalue weighted by Crippen LogP contribution is 2.17. The summed E-state index contributed by atoms with van der Waals surface area (Å²) in [6.07, 6.45) is 4.93. The van der Waals surface area contributed by atoms with Crippen molar-refractivity contribution in [1.82, 2.24) is 10.3 Å². The summed E-state index contributed by atoms with van der Waals surface area (Å²) in [5, 5.41) is 3.30. The van der Waals surface area contributed by atoms with E-state index in [2.05, 4.69) is 24.1 Å². The molecule has 0 aliphatic rings. The molecule has 1 heterocycles. The molecule has 0 aliphatic heterocycles. The van der Waals surface area contributed by atoms with Crippen LogP contribution < -0.4 is 10.1 Å². The number of pyridine rings is 1. The SMILES string of the molecule is CCCCCCOc1ccc(C)nc1CNCC. The molecule has 0 amide bonds. The number of hydrogen-bond donors (Lipinski definition) is 1. The molecule has 1 rings (SSSR count). The van der Waals surface area contributed by atoms with E-state index >= 15 is 0 Å². The number of ether oxygens (including phenoxy) is 1. The Balaban J connectivity index is 2.47. The Morgan fingerprint density at radius 3 is 2.72 bits per heavy atom. The highest BCUT2D eigenvalue weighted by atomic mass is 16.5. The summed E-state index contributed by atoms with van der Waals surface area (Å²) in [7, 11) is 0. The first-order valence-corrected chi connectivity index (χ1v) is 7.08. The molecule has 102 valence electrons. The molecule has 0 saturated carbocycles. The van der Waals surface area contributed by atoms with Crippen molar-refractivity contribution in [2.75, 3.05) is 13.2 Å². The number of nitrogens with zero attached hydrogens (tertiary/aromatic N) is 1. The molecule has 3 nitrogen and oxygen atoms in total. The van der Waals surface area contributed by atoms with E-state index in [0.29, 0.717) is 0 Å². The van der Waals surface area contributed by atoms with Gasteiger partial charge in [-0.2, -0.15) is 0 Å². The van der Waals surface area contributed by atoms with Crippen LogP contribution in [-0.2, 0) is 6.54 Å². The van der Waals surface area contributed by atoms with Gasteiger partial charge in [0, 0.05) is 12.2 Å². The zero-order valence-corrected chi connectivity index (χ0v) is 12.0. The minimum Gasteiger partial charge on any atom is -0.492 e. The number of rotatable bonds is 9. The fourth-order valence-electron chi connectivity index (χ4n) is 1.81. The Bertz CT molecular complexity index is 339. The normalized spacial score (nSPS) is 10.6. The van der Waals surface area contributed by atoms with Crippen LogP contribution in [0.5, 0.6) is 5.75 Å². The molecule has 0 fully saturated rings. The van der Waals surface area contributed by atoms with Crippen molar-refractivity contribution in [1.29, 1.82) is 0 Å². The van der Waals surface area contributed by atoms with Gasteiger partial charge >= 0.3 is 0 Å². The van der Waals surface area contributed by atoms with E-state index in [4.69, 9.17) is 4.74 Å². The molecular weight excluding hydrogens is 224 g/mol. The van der Waals surface area contributed by atoms with Gasteiger partial charge in [0.05, 0.1) is 12.3 Å². The lowest BCUT2D eigenvalue weighted by Crippen LogP contribution is -2.14. The first kappa shape index (κ1) is 15.0. The number of nitrogens with one attached hydrogen (secondary N) is 1. The van der Waals surface area contributed by atoms with E-state index < -0.39 is 0 Å². The van der Waals surface area contributed by atoms with Gasteiger partial charge in [-0.15, -0.1) is 0 Å². The third-order valence-electron chi connectivity index (χ3n) is 2.87. The zero-order valence-electron chi connectivity index (χ0n) is 12.0. The van der Waals surface area contributed by atoms with E-state index in [9.17, 15) is 0 Å². The van der Waals surface area contributed by atoms with Crippen molar-refractivity contribution in [3.05, 3.63) is 23.5 Å². The second-order valence-electron chi connectivity index (χ2n) is 4.59. The van der Waals surface area contributed by atoms with Crippen LogP contribution in [0.4, 0.5) is 0 Å². The van der Waals surface area contributed by atoms with Gasteiger partial charge in [0.15, 0.2) is 0 Å². The van der Waals surface area contributed by atoms with Crippen LogP contribution in [-0.4, -0.2) is 18.1 Å². The molecule has 1 aromatic rings. The fraction of sp³-hybridized carbons (Fsp3) is 0.667. The van der Waals surface area contributed by atoms with Gasteiger partial charge in [0.25, 0.3) is 0 Å². The maximum absolute atomic E-state index is 5.83. The summed E-state index contributed by atoms with van der Waals surface area (Å²) < 4.78 is 5.83. The minimum atomic E-state index is 0.780. The summed E-state index contributed by atoms with van der Waals surface area (Å²) in [5.74, 6) is 0.929. The van der Waals surface area contributed by atoms with Crippen molar-refractivity contribution in [2.24, 2.45) is 0 Å². The number of aryl methyl sites for hydroxylation is 1. The molecule has 0 bridgehead atoms. The van der Waals surface area contributed by atoms with Crippen LogP contribution >= 0.6 is 0 Å². The van der Waals surface area contributed by atoms with E-state index in [1.54, 1.807) is 0 Å². The van der Waals surface area contributed by atoms with Crippen LogP contribution in [0.2, 0.25) is 0 Å². The summed E-state index contributed by atoms with van der Waals surface area (Å²) >= 11 is 0. The highest BCUT2D eigenvalue weighted by Gasteiger charge is 2.05. The predicted molar refractivity (Wildman–Crippen MR) is 76.0 cm³/mol. The van der Waals surface area contributed by atoms with E-state index in [1.807, 2.05) is 19.1 Å². The average Bonchev–Trinajstić information content (AvgIpc) is 2.38. The monoisotopic (exact) mass is 250 g/mol. The maximum atomic E-state index is 5.83. The number of aromatic nitrogens is 1. The topological polar surface area (TPSA) is 34.1 Å². The molecule has 0 unspecified atom stereocenters. The van der Waals surface area contributed by atoms with Crippen molar-refractivity contribution in [3.8, 4) is 5.75 Å². The molecule has 0 aliphatic carbocycles. The standard InChI is InChI=1S/C15H26N2O/c1-4-6-7-8-11-18-15-10-9-13(3)17-14(15)12-16-5-2/h9-10,16H,4-8,11-12H2,1-3H3. The van der Waals surface area contributed by atoms with Crippen molar-refractivity contribution < 1.29 is 4.74 Å². The molecule has 1 aromatic heterocycles. The van der Waals surface area contributed by atoms with E-state index in [1.165, 1.54) is 19.3 Å². The van der Waals surface area contributed by atoms with Crippen LogP contribution in [0.3, 0.4) is 0 Å². The highest BCUT2D eigenvalue weighted by molar-refractivity contribution is 5.29. The summed E-state index contributed by atoms with van der Waals surface area (Å²) in [6.45, 7) is 8.86. The average molecular weight is 250 g/mol. The van der Waals surface area contributed by atoms with Gasteiger partial charge in [-0.1, -0.05) is 33.1 Å². The Hall–Kier alpha value is -1.09. The second-order valence-corrected chi connectivity index (χ2v) is 4.59. The molecule has 0 spiro atoms. The quantitative estimate of drug-likeness (QED) is 0.682. The lowest BCUT2D eigenvalue weighted by Gasteiger charge is -2.11. The zero-order chi connectivity index (χ0) is 13.2. The molecule has 3 heteroatoms. The number of hydrogen-bond acceptors (Lipinski definition) is 3. The first-order valence-electron chi connectivity index (χ1n) is 7.08. The summed E-state index contributed by atoms with van der Waals surface area (Å²) in [6, 6.07) is 4.05. The van der Waals surface area contributed by atoms with Gasteiger partial charge < -0.3 is 10.1 Å². The fourth-order valence-corrected chi connectivity index (χ4v) is 1.81. The maximum Gasteiger partial charge on any atom is 0.142 e. The molecule has 18 heavy (non-hydrogen) atoms. The lowest BCUT2D eigenvalue weighted by atomic mass is 10.2. The largest absolute Gasteiger partial charge is 0.492 e. The number of unbranched alkanes of at least 4 members (excludes halogenated alkanes) is 3. The predicted octanol–water partition coefficient (Wildman–Crippen LogP) is 3.46. The third-order valence-corrected chi connectivity index (χ3v) is 2.87. The molecular formula is C15H26N2O. The Labute approximate surface area is 111 Å². The molecule has 0 atom stereocenters. The van der Waals surface area contributed by atoms with Crippen LogP contribution in [0, 0.1) is 6.92 Å². The van der Waals surface area contributed by atoms with E-state index in [-0.39, 0.29) is 0 Å². The lowest BCUT2D eigenvalue weighted by molar-refractivity contribution is 0.299.